The minimum atomic E-state index is -1.29. The summed E-state index contributed by atoms with van der Waals surface area (Å²) < 4.78 is 4.32. The molecule has 0 spiro atoms. The molecule has 0 saturated carbocycles. The molecule has 0 fully saturated rings. The zero-order valence-corrected chi connectivity index (χ0v) is 9.44. The molecular weight excluding hydrogens is 216 g/mol. The fourth-order valence-corrected chi connectivity index (χ4v) is 0.912. The summed E-state index contributed by atoms with van der Waals surface area (Å²) in [5.41, 5.74) is 0. The Bertz CT molecular complexity index is 277. The molecule has 0 bridgehead atoms. The molecule has 0 aliphatic rings. The van der Waals surface area contributed by atoms with Crippen LogP contribution in [0.2, 0.25) is 0 Å². The van der Waals surface area contributed by atoms with Gasteiger partial charge in [-0.2, -0.15) is 0 Å². The van der Waals surface area contributed by atoms with E-state index in [0.717, 1.165) is 7.11 Å². The van der Waals surface area contributed by atoms with E-state index in [9.17, 15) is 14.4 Å². The molecule has 92 valence electrons. The molecule has 1 atom stereocenters. The monoisotopic (exact) mass is 232 g/mol. The largest absolute Gasteiger partial charge is 0.480 e. The summed E-state index contributed by atoms with van der Waals surface area (Å²) in [4.78, 5) is 32.8. The fraction of sp³-hybridized carbons (Fsp3) is 0.667. The summed E-state index contributed by atoms with van der Waals surface area (Å²) in [6, 6.07) is -2.04. The number of rotatable bonds is 5. The Labute approximate surface area is 93.2 Å². The summed E-state index contributed by atoms with van der Waals surface area (Å²) in [7, 11) is 1.15. The number of aliphatic carboxylic acids is 1. The SMILES string of the molecule is COC(=O)C[C@H](NC(=O)NC(C)C)C(=O)O. The number of carbonyl (C=O) groups is 3. The Kier molecular flexibility index (Phi) is 5.91. The summed E-state index contributed by atoms with van der Waals surface area (Å²) in [5, 5.41) is 13.4. The topological polar surface area (TPSA) is 105 Å². The standard InChI is InChI=1S/C9H16N2O5/c1-5(2)10-9(15)11-6(8(13)14)4-7(12)16-3/h5-6H,4H2,1-3H3,(H,13,14)(H2,10,11,15)/t6-/m0/s1. The first-order chi connectivity index (χ1) is 7.36. The number of carboxylic acids is 1. The van der Waals surface area contributed by atoms with Crippen LogP contribution in [0.15, 0.2) is 0 Å². The van der Waals surface area contributed by atoms with Crippen molar-refractivity contribution in [3.05, 3.63) is 0 Å². The summed E-state index contributed by atoms with van der Waals surface area (Å²) in [6.45, 7) is 3.46. The van der Waals surface area contributed by atoms with Gasteiger partial charge in [0.05, 0.1) is 13.5 Å². The van der Waals surface area contributed by atoms with Gasteiger partial charge in [-0.05, 0) is 13.8 Å². The van der Waals surface area contributed by atoms with E-state index in [-0.39, 0.29) is 6.04 Å². The van der Waals surface area contributed by atoms with Crippen LogP contribution in [0.5, 0.6) is 0 Å². The normalized spacial score (nSPS) is 11.8. The van der Waals surface area contributed by atoms with E-state index < -0.39 is 30.4 Å². The van der Waals surface area contributed by atoms with Crippen molar-refractivity contribution >= 4 is 18.0 Å². The van der Waals surface area contributed by atoms with E-state index in [1.165, 1.54) is 0 Å². The molecule has 0 aliphatic carbocycles. The number of carboxylic acid groups (broad SMARTS) is 1. The van der Waals surface area contributed by atoms with E-state index in [0.29, 0.717) is 0 Å². The maximum absolute atomic E-state index is 11.2. The van der Waals surface area contributed by atoms with Crippen molar-refractivity contribution in [1.82, 2.24) is 10.6 Å². The van der Waals surface area contributed by atoms with Crippen molar-refractivity contribution in [3.8, 4) is 0 Å². The molecule has 0 aromatic carbocycles. The number of ether oxygens (including phenoxy) is 1. The number of amides is 2. The van der Waals surface area contributed by atoms with Crippen molar-refractivity contribution < 1.29 is 24.2 Å². The fourth-order valence-electron chi connectivity index (χ4n) is 0.912. The molecule has 0 aromatic rings. The van der Waals surface area contributed by atoms with Gasteiger partial charge < -0.3 is 20.5 Å². The predicted octanol–water partition coefficient (Wildman–Crippen LogP) is -0.290. The first-order valence-electron chi connectivity index (χ1n) is 4.73. The number of carbonyl (C=O) groups excluding carboxylic acids is 2. The summed E-state index contributed by atoms with van der Waals surface area (Å²) in [5.74, 6) is -1.98. The smallest absolute Gasteiger partial charge is 0.326 e. The molecule has 7 nitrogen and oxygen atoms in total. The molecule has 0 heterocycles. The highest BCUT2D eigenvalue weighted by molar-refractivity contribution is 5.86. The average Bonchev–Trinajstić information content (AvgIpc) is 2.14. The van der Waals surface area contributed by atoms with Gasteiger partial charge in [0.1, 0.15) is 6.04 Å². The average molecular weight is 232 g/mol. The minimum absolute atomic E-state index is 0.118. The zero-order valence-electron chi connectivity index (χ0n) is 9.44. The van der Waals surface area contributed by atoms with Gasteiger partial charge in [-0.3, -0.25) is 4.79 Å². The lowest BCUT2D eigenvalue weighted by molar-refractivity contribution is -0.147. The predicted molar refractivity (Wildman–Crippen MR) is 54.9 cm³/mol. The molecule has 0 aromatic heterocycles. The van der Waals surface area contributed by atoms with Gasteiger partial charge in [0.25, 0.3) is 0 Å². The van der Waals surface area contributed by atoms with Crippen LogP contribution in [0.3, 0.4) is 0 Å². The lowest BCUT2D eigenvalue weighted by Crippen LogP contribution is -2.48. The van der Waals surface area contributed by atoms with Gasteiger partial charge in [-0.25, -0.2) is 9.59 Å². The highest BCUT2D eigenvalue weighted by Crippen LogP contribution is 1.95. The number of nitrogens with one attached hydrogen (secondary N) is 2. The van der Waals surface area contributed by atoms with Crippen LogP contribution >= 0.6 is 0 Å². The van der Waals surface area contributed by atoms with Gasteiger partial charge in [-0.15, -0.1) is 0 Å². The zero-order chi connectivity index (χ0) is 12.7. The second kappa shape index (κ2) is 6.65. The summed E-state index contributed by atoms with van der Waals surface area (Å²) in [6.07, 6.45) is -0.405. The Hall–Kier alpha value is -1.79. The third-order valence-electron chi connectivity index (χ3n) is 1.62. The molecule has 0 radical (unpaired) electrons. The van der Waals surface area contributed by atoms with Crippen molar-refractivity contribution in [2.45, 2.75) is 32.4 Å². The molecule has 7 heteroatoms. The van der Waals surface area contributed by atoms with Crippen LogP contribution in [0, 0.1) is 0 Å². The Morgan fingerprint density at radius 3 is 2.19 bits per heavy atom. The van der Waals surface area contributed by atoms with E-state index in [4.69, 9.17) is 5.11 Å². The van der Waals surface area contributed by atoms with Crippen LogP contribution in [-0.4, -0.2) is 42.3 Å². The molecule has 0 rings (SSSR count). The lowest BCUT2D eigenvalue weighted by Gasteiger charge is -2.15. The van der Waals surface area contributed by atoms with Crippen molar-refractivity contribution in [3.63, 3.8) is 0 Å². The van der Waals surface area contributed by atoms with Gasteiger partial charge in [0.15, 0.2) is 0 Å². The second-order valence-electron chi connectivity index (χ2n) is 3.44. The maximum atomic E-state index is 11.2. The number of methoxy groups -OCH3 is 1. The summed E-state index contributed by atoms with van der Waals surface area (Å²) >= 11 is 0. The number of hydrogen-bond donors (Lipinski definition) is 3. The number of esters is 1. The molecule has 0 saturated heterocycles. The third kappa shape index (κ3) is 5.84. The van der Waals surface area contributed by atoms with Crippen molar-refractivity contribution in [1.29, 1.82) is 0 Å². The van der Waals surface area contributed by atoms with Gasteiger partial charge in [0.2, 0.25) is 0 Å². The van der Waals surface area contributed by atoms with Crippen LogP contribution < -0.4 is 10.6 Å². The highest BCUT2D eigenvalue weighted by Gasteiger charge is 2.23. The van der Waals surface area contributed by atoms with E-state index >= 15 is 0 Å². The maximum Gasteiger partial charge on any atom is 0.326 e. The van der Waals surface area contributed by atoms with Crippen LogP contribution in [0.1, 0.15) is 20.3 Å². The highest BCUT2D eigenvalue weighted by atomic mass is 16.5. The molecule has 0 aliphatic heterocycles. The molecular formula is C9H16N2O5. The second-order valence-corrected chi connectivity index (χ2v) is 3.44. The van der Waals surface area contributed by atoms with E-state index in [2.05, 4.69) is 15.4 Å². The Morgan fingerprint density at radius 2 is 1.81 bits per heavy atom. The van der Waals surface area contributed by atoms with E-state index in [1.54, 1.807) is 13.8 Å². The van der Waals surface area contributed by atoms with Crippen molar-refractivity contribution in [2.24, 2.45) is 0 Å². The van der Waals surface area contributed by atoms with Crippen LogP contribution in [-0.2, 0) is 14.3 Å². The molecule has 16 heavy (non-hydrogen) atoms. The third-order valence-corrected chi connectivity index (χ3v) is 1.62. The van der Waals surface area contributed by atoms with Crippen molar-refractivity contribution in [2.75, 3.05) is 7.11 Å². The number of hydrogen-bond acceptors (Lipinski definition) is 4. The first-order valence-corrected chi connectivity index (χ1v) is 4.73. The van der Waals surface area contributed by atoms with E-state index in [1.807, 2.05) is 0 Å². The Morgan fingerprint density at radius 1 is 1.25 bits per heavy atom. The Balaban J connectivity index is 4.28. The lowest BCUT2D eigenvalue weighted by atomic mass is 10.2. The van der Waals surface area contributed by atoms with Crippen LogP contribution in [0.4, 0.5) is 4.79 Å². The van der Waals surface area contributed by atoms with Gasteiger partial charge >= 0.3 is 18.0 Å². The number of urea groups is 1. The van der Waals surface area contributed by atoms with Gasteiger partial charge in [-0.1, -0.05) is 0 Å². The minimum Gasteiger partial charge on any atom is -0.480 e. The van der Waals surface area contributed by atoms with Gasteiger partial charge in [0, 0.05) is 6.04 Å². The molecule has 0 unspecified atom stereocenters. The molecule has 2 amide bonds. The van der Waals surface area contributed by atoms with Crippen LogP contribution in [0.25, 0.3) is 0 Å². The quantitative estimate of drug-likeness (QED) is 0.565. The first kappa shape index (κ1) is 14.2. The molecule has 3 N–H and O–H groups in total.